The molecule has 0 atom stereocenters. The van der Waals surface area contributed by atoms with Crippen LogP contribution in [0, 0.1) is 0 Å². The minimum absolute atomic E-state index is 0. The summed E-state index contributed by atoms with van der Waals surface area (Å²) in [6, 6.07) is 61.0. The number of hydrogen-bond acceptors (Lipinski definition) is 0. The van der Waals surface area contributed by atoms with Gasteiger partial charge in [-0.3, -0.25) is 0 Å². The van der Waals surface area contributed by atoms with Gasteiger partial charge in [-0.2, -0.15) is 0 Å². The summed E-state index contributed by atoms with van der Waals surface area (Å²) in [6.07, 6.45) is 8.74. The fourth-order valence-corrected chi connectivity index (χ4v) is 9.23. The van der Waals surface area contributed by atoms with Crippen molar-refractivity contribution in [3.05, 3.63) is 182 Å². The molecule has 0 aliphatic carbocycles. The Hall–Kier alpha value is 1.08. The zero-order valence-corrected chi connectivity index (χ0v) is 52.6. The van der Waals surface area contributed by atoms with Crippen LogP contribution in [0.3, 0.4) is 0 Å². The summed E-state index contributed by atoms with van der Waals surface area (Å²) < 4.78 is 7.56. The van der Waals surface area contributed by atoms with Gasteiger partial charge in [0.2, 0.25) is 0 Å². The molecular formula is C48H68Cu2NbP2Se6+2. The standard InChI is InChI=1S/2C6H15P.6C6H6Se.2Cu.Nb/c2*1-4-7(5-2)6-3;6*7-6-4-2-1-3-5-6;;;/h2*4-6H2,1-3H3;6*1-5,7H;;;/p+2. The Morgan fingerprint density at radius 1 is 0.254 bits per heavy atom. The molecule has 0 unspecified atom stereocenters. The van der Waals surface area contributed by atoms with E-state index in [9.17, 15) is 0 Å². The molecule has 0 saturated carbocycles. The van der Waals surface area contributed by atoms with Crippen LogP contribution in [0.1, 0.15) is 41.5 Å². The van der Waals surface area contributed by atoms with Crippen LogP contribution in [0.4, 0.5) is 0 Å². The van der Waals surface area contributed by atoms with Gasteiger partial charge in [-0.25, -0.2) is 0 Å². The zero-order chi connectivity index (χ0) is 42.1. The van der Waals surface area contributed by atoms with Gasteiger partial charge in [-0.05, 0) is 57.4 Å². The fourth-order valence-electron chi connectivity index (χ4n) is 4.07. The minimum atomic E-state index is 0. The van der Waals surface area contributed by atoms with Gasteiger partial charge >= 0.3 is 305 Å². The van der Waals surface area contributed by atoms with Crippen LogP contribution in [-0.2, 0) is 56.5 Å². The number of hydrogen-bond donors (Lipinski definition) is 0. The van der Waals surface area contributed by atoms with Crippen molar-refractivity contribution in [1.82, 2.24) is 0 Å². The summed E-state index contributed by atoms with van der Waals surface area (Å²) >= 11 is 15.0. The third kappa shape index (κ3) is 51.6. The summed E-state index contributed by atoms with van der Waals surface area (Å²) in [7, 11) is 0.275. The first-order chi connectivity index (χ1) is 27.1. The second-order valence-electron chi connectivity index (χ2n) is 11.6. The molecule has 3 radical (unpaired) electrons. The van der Waals surface area contributed by atoms with E-state index in [0.29, 0.717) is 0 Å². The fraction of sp³-hybridized carbons (Fsp3) is 0.250. The van der Waals surface area contributed by atoms with Crippen molar-refractivity contribution in [2.45, 2.75) is 41.5 Å². The molecule has 11 heteroatoms. The normalized spacial score (nSPS) is 8.64. The summed E-state index contributed by atoms with van der Waals surface area (Å²) in [5.74, 6) is 0. The first-order valence-electron chi connectivity index (χ1n) is 19.2. The second kappa shape index (κ2) is 53.4. The van der Waals surface area contributed by atoms with E-state index in [1.807, 2.05) is 109 Å². The number of benzene rings is 6. The summed E-state index contributed by atoms with van der Waals surface area (Å²) in [5.41, 5.74) is 0. The Bertz CT molecular complexity index is 1300. The molecule has 0 N–H and O–H groups in total. The van der Waals surface area contributed by atoms with Crippen LogP contribution in [0.25, 0.3) is 0 Å². The molecule has 0 amide bonds. The van der Waals surface area contributed by atoms with E-state index in [1.54, 1.807) is 0 Å². The van der Waals surface area contributed by atoms with Crippen molar-refractivity contribution in [1.29, 1.82) is 0 Å². The Kier molecular flexibility index (Phi) is 62.6. The molecular weight excluding hydrogens is 1330 g/mol. The third-order valence-corrected chi connectivity index (χ3v) is 17.3. The van der Waals surface area contributed by atoms with Gasteiger partial charge in [-0.15, -0.1) is 0 Å². The molecule has 6 rings (SSSR count). The average molecular weight is 1400 g/mol. The average Bonchev–Trinajstić information content (AvgIpc) is 3.23. The maximum absolute atomic E-state index is 2.49. The molecule has 331 valence electrons. The second-order valence-corrected chi connectivity index (χ2v) is 25.4. The van der Waals surface area contributed by atoms with E-state index in [1.165, 1.54) is 63.7 Å². The van der Waals surface area contributed by atoms with Gasteiger partial charge in [0.05, 0.1) is 37.0 Å². The molecule has 6 aromatic carbocycles. The van der Waals surface area contributed by atoms with Crippen molar-refractivity contribution in [2.24, 2.45) is 0 Å². The summed E-state index contributed by atoms with van der Waals surface area (Å²) in [6.45, 7) is 13.8. The SMILES string of the molecule is CC[PH+](CC)CC.CC[PH+](CC)CC.[Cu].[Cu].[Nb].[SeH]c1ccccc1.[SeH]c1ccccc1.[SeH]c1ccccc1.[SeH]c1ccccc1.[SeH]c1ccccc1.[SeH]c1ccccc1. The Morgan fingerprint density at radius 3 is 0.390 bits per heavy atom. The zero-order valence-electron chi connectivity index (χ0n) is 35.3. The van der Waals surface area contributed by atoms with Gasteiger partial charge in [0.15, 0.2) is 0 Å². The van der Waals surface area contributed by atoms with Gasteiger partial charge < -0.3 is 0 Å². The molecule has 0 nitrogen and oxygen atoms in total. The van der Waals surface area contributed by atoms with E-state index < -0.39 is 0 Å². The number of rotatable bonds is 6. The van der Waals surface area contributed by atoms with Crippen molar-refractivity contribution in [3.8, 4) is 0 Å². The van der Waals surface area contributed by atoms with Crippen molar-refractivity contribution in [3.63, 3.8) is 0 Å². The van der Waals surface area contributed by atoms with E-state index in [2.05, 4.69) is 210 Å². The van der Waals surface area contributed by atoms with E-state index in [0.717, 1.165) is 0 Å². The van der Waals surface area contributed by atoms with Crippen LogP contribution >= 0.6 is 15.8 Å². The van der Waals surface area contributed by atoms with Crippen molar-refractivity contribution >= 4 is 139 Å². The summed E-state index contributed by atoms with van der Waals surface area (Å²) in [4.78, 5) is 0. The Labute approximate surface area is 450 Å². The van der Waals surface area contributed by atoms with Crippen LogP contribution < -0.4 is 26.8 Å². The molecule has 0 fully saturated rings. The summed E-state index contributed by atoms with van der Waals surface area (Å²) in [5, 5.41) is 0. The monoisotopic (exact) mass is 1400 g/mol. The van der Waals surface area contributed by atoms with Gasteiger partial charge in [-0.1, -0.05) is 0 Å². The van der Waals surface area contributed by atoms with Crippen LogP contribution in [0.5, 0.6) is 0 Å². The van der Waals surface area contributed by atoms with Crippen molar-refractivity contribution in [2.75, 3.05) is 37.0 Å². The van der Waals surface area contributed by atoms with Crippen molar-refractivity contribution < 1.29 is 56.5 Å². The van der Waals surface area contributed by atoms with Crippen LogP contribution in [0.2, 0.25) is 0 Å². The molecule has 0 aliphatic rings. The van der Waals surface area contributed by atoms with Gasteiger partial charge in [0.1, 0.15) is 0 Å². The molecule has 0 aromatic heterocycles. The molecule has 0 heterocycles. The predicted molar refractivity (Wildman–Crippen MR) is 279 cm³/mol. The molecule has 0 spiro atoms. The topological polar surface area (TPSA) is 0 Å². The van der Waals surface area contributed by atoms with Gasteiger partial charge in [0.25, 0.3) is 0 Å². The van der Waals surface area contributed by atoms with Crippen LogP contribution in [0.15, 0.2) is 182 Å². The molecule has 6 aromatic rings. The first-order valence-corrected chi connectivity index (χ1v) is 29.0. The Balaban J connectivity index is -0.000000187. The molecule has 59 heavy (non-hydrogen) atoms. The molecule has 0 bridgehead atoms. The maximum atomic E-state index is 2.49. The quantitative estimate of drug-likeness (QED) is 0.147. The van der Waals surface area contributed by atoms with E-state index in [4.69, 9.17) is 0 Å². The van der Waals surface area contributed by atoms with E-state index in [-0.39, 0.29) is 72.4 Å². The molecule has 0 aliphatic heterocycles. The predicted octanol–water partition coefficient (Wildman–Crippen LogP) is 5.79. The Morgan fingerprint density at radius 2 is 0.356 bits per heavy atom. The van der Waals surface area contributed by atoms with Gasteiger partial charge in [0, 0.05) is 56.5 Å². The van der Waals surface area contributed by atoms with Crippen LogP contribution in [-0.4, -0.2) is 133 Å². The molecule has 0 saturated heterocycles. The van der Waals surface area contributed by atoms with E-state index >= 15 is 0 Å². The third-order valence-electron chi connectivity index (χ3n) is 7.54. The first kappa shape index (κ1) is 69.1.